The van der Waals surface area contributed by atoms with E-state index in [-0.39, 0.29) is 11.8 Å². The van der Waals surface area contributed by atoms with Gasteiger partial charge in [-0.05, 0) is 0 Å². The van der Waals surface area contributed by atoms with E-state index in [0.29, 0.717) is 6.42 Å². The SMILES string of the molecule is CC(/C=C/C1C(C(C)(C)O)CCC1(C)O)=C\CP(Br)(c1ccccc1)(c1ccccc1)c1ccccc1. The van der Waals surface area contributed by atoms with Crippen LogP contribution in [0.2, 0.25) is 0 Å². The van der Waals surface area contributed by atoms with Crippen LogP contribution in [0.15, 0.2) is 115 Å². The maximum absolute atomic E-state index is 11.1. The number of benzene rings is 3. The van der Waals surface area contributed by atoms with Crippen LogP contribution in [0.4, 0.5) is 0 Å². The number of halogens is 1. The van der Waals surface area contributed by atoms with Gasteiger partial charge < -0.3 is 0 Å². The van der Waals surface area contributed by atoms with Gasteiger partial charge in [-0.25, -0.2) is 0 Å². The Kier molecular flexibility index (Phi) is 8.03. The number of aliphatic hydroxyl groups is 2. The summed E-state index contributed by atoms with van der Waals surface area (Å²) in [5.74, 6) is -0.0626. The van der Waals surface area contributed by atoms with Crippen molar-refractivity contribution in [3.05, 3.63) is 115 Å². The van der Waals surface area contributed by atoms with Crippen LogP contribution in [0.3, 0.4) is 0 Å². The van der Waals surface area contributed by atoms with Gasteiger partial charge in [0.15, 0.2) is 0 Å². The van der Waals surface area contributed by atoms with Gasteiger partial charge in [0.25, 0.3) is 0 Å². The molecule has 0 aromatic heterocycles. The molecule has 4 rings (SSSR count). The summed E-state index contributed by atoms with van der Waals surface area (Å²) in [6, 6.07) is 32.4. The van der Waals surface area contributed by atoms with Crippen LogP contribution in [0.1, 0.15) is 40.5 Å². The molecule has 196 valence electrons. The third-order valence-corrected chi connectivity index (χ3v) is 17.8. The minimum atomic E-state index is -3.02. The Labute approximate surface area is 230 Å². The van der Waals surface area contributed by atoms with E-state index in [1.54, 1.807) is 0 Å². The third kappa shape index (κ3) is 5.43. The third-order valence-electron chi connectivity index (χ3n) is 8.23. The van der Waals surface area contributed by atoms with Crippen LogP contribution < -0.4 is 15.9 Å². The average Bonchev–Trinajstić information content (AvgIpc) is 3.22. The molecule has 1 aliphatic carbocycles. The molecular weight excluding hydrogens is 539 g/mol. The first-order chi connectivity index (χ1) is 17.5. The van der Waals surface area contributed by atoms with Crippen molar-refractivity contribution in [3.63, 3.8) is 0 Å². The molecule has 3 atom stereocenters. The quantitative estimate of drug-likeness (QED) is 0.226. The molecule has 0 bridgehead atoms. The molecule has 2 nitrogen and oxygen atoms in total. The van der Waals surface area contributed by atoms with E-state index in [9.17, 15) is 10.2 Å². The van der Waals surface area contributed by atoms with Crippen LogP contribution in [0, 0.1) is 11.8 Å². The normalized spacial score (nSPS) is 24.2. The second kappa shape index (κ2) is 10.6. The van der Waals surface area contributed by atoms with Gasteiger partial charge in [0, 0.05) is 0 Å². The number of rotatable bonds is 8. The van der Waals surface area contributed by atoms with E-state index < -0.39 is 16.5 Å². The van der Waals surface area contributed by atoms with E-state index in [0.717, 1.165) is 18.2 Å². The van der Waals surface area contributed by atoms with Gasteiger partial charge in [0.1, 0.15) is 0 Å². The van der Waals surface area contributed by atoms with Gasteiger partial charge in [-0.3, -0.25) is 0 Å². The monoisotopic (exact) mass is 578 g/mol. The van der Waals surface area contributed by atoms with Crippen molar-refractivity contribution >= 4 is 36.7 Å². The number of hydrogen-bond donors (Lipinski definition) is 2. The van der Waals surface area contributed by atoms with Gasteiger partial charge >= 0.3 is 231 Å². The Morgan fingerprint density at radius 3 is 1.76 bits per heavy atom. The molecule has 1 saturated carbocycles. The molecule has 4 heteroatoms. The molecule has 37 heavy (non-hydrogen) atoms. The fourth-order valence-corrected chi connectivity index (χ4v) is 13.1. The predicted molar refractivity (Wildman–Crippen MR) is 165 cm³/mol. The van der Waals surface area contributed by atoms with Crippen molar-refractivity contribution in [1.29, 1.82) is 0 Å². The van der Waals surface area contributed by atoms with Crippen LogP contribution in [-0.2, 0) is 0 Å². The van der Waals surface area contributed by atoms with Gasteiger partial charge in [-0.15, -0.1) is 0 Å². The summed E-state index contributed by atoms with van der Waals surface area (Å²) >= 11 is 4.51. The molecule has 0 aliphatic heterocycles. The molecule has 1 fully saturated rings. The van der Waals surface area contributed by atoms with Crippen molar-refractivity contribution in [2.24, 2.45) is 11.8 Å². The first-order valence-electron chi connectivity index (χ1n) is 13.2. The van der Waals surface area contributed by atoms with Gasteiger partial charge in [-0.1, -0.05) is 0 Å². The zero-order valence-electron chi connectivity index (χ0n) is 22.4. The summed E-state index contributed by atoms with van der Waals surface area (Å²) < 4.78 is 0. The zero-order chi connectivity index (χ0) is 26.8. The first-order valence-corrected chi connectivity index (χ1v) is 17.6. The van der Waals surface area contributed by atoms with E-state index in [1.807, 2.05) is 20.8 Å². The molecule has 3 aromatic carbocycles. The Morgan fingerprint density at radius 2 is 1.35 bits per heavy atom. The molecular formula is C33H40BrO2P. The zero-order valence-corrected chi connectivity index (χ0v) is 24.9. The van der Waals surface area contributed by atoms with E-state index >= 15 is 0 Å². The van der Waals surface area contributed by atoms with Crippen LogP contribution in [-0.4, -0.2) is 27.6 Å². The Hall–Kier alpha value is -2.03. The van der Waals surface area contributed by atoms with E-state index in [2.05, 4.69) is 132 Å². The topological polar surface area (TPSA) is 40.5 Å². The van der Waals surface area contributed by atoms with Crippen molar-refractivity contribution in [3.8, 4) is 0 Å². The summed E-state index contributed by atoms with van der Waals surface area (Å²) in [5, 5.41) is 22.7. The Balaban J connectivity index is 1.80. The molecule has 0 heterocycles. The summed E-state index contributed by atoms with van der Waals surface area (Å²) in [7, 11) is 0. The van der Waals surface area contributed by atoms with Gasteiger partial charge in [0.2, 0.25) is 0 Å². The molecule has 2 N–H and O–H groups in total. The van der Waals surface area contributed by atoms with Gasteiger partial charge in [0.05, 0.1) is 0 Å². The summed E-state index contributed by atoms with van der Waals surface area (Å²) in [6.45, 7) is 7.75. The summed E-state index contributed by atoms with van der Waals surface area (Å²) in [5.41, 5.74) is -0.495. The van der Waals surface area contributed by atoms with E-state index in [4.69, 9.17) is 0 Å². The molecule has 0 radical (unpaired) electrons. The van der Waals surface area contributed by atoms with Crippen molar-refractivity contribution in [1.82, 2.24) is 0 Å². The summed E-state index contributed by atoms with van der Waals surface area (Å²) in [6.07, 6.45) is 8.93. The second-order valence-electron chi connectivity index (χ2n) is 11.4. The number of allylic oxidation sites excluding steroid dienone is 3. The van der Waals surface area contributed by atoms with Crippen molar-refractivity contribution in [2.75, 3.05) is 6.16 Å². The molecule has 0 amide bonds. The summed E-state index contributed by atoms with van der Waals surface area (Å²) in [4.78, 5) is 0. The van der Waals surface area contributed by atoms with Crippen LogP contribution in [0.5, 0.6) is 0 Å². The Morgan fingerprint density at radius 1 is 0.919 bits per heavy atom. The minimum absolute atomic E-state index is 0.0277. The van der Waals surface area contributed by atoms with Crippen LogP contribution >= 0.6 is 20.8 Å². The fourth-order valence-electron chi connectivity index (χ4n) is 5.98. The number of hydrogen-bond acceptors (Lipinski definition) is 2. The molecule has 3 aromatic rings. The van der Waals surface area contributed by atoms with Crippen molar-refractivity contribution < 1.29 is 10.2 Å². The average molecular weight is 580 g/mol. The molecule has 1 aliphatic rings. The Bertz CT molecular complexity index is 1140. The fraction of sp³-hybridized carbons (Fsp3) is 0.333. The second-order valence-corrected chi connectivity index (χ2v) is 20.3. The predicted octanol–water partition coefficient (Wildman–Crippen LogP) is 6.88. The molecule has 0 saturated heterocycles. The van der Waals surface area contributed by atoms with E-state index in [1.165, 1.54) is 15.9 Å². The maximum atomic E-state index is 11.1. The standard InChI is InChI=1S/C33H40BrO2P/c1-26(20-21-31-30(32(2,3)35)22-24-33(31,4)36)23-25-37(34,27-14-8-5-9-15-27,28-16-10-6-11-17-28)29-18-12-7-13-19-29/h5-21,23,30-31,35-36H,22,24-25H2,1-4H3/b21-20+,26-23+. The molecule has 3 unspecified atom stereocenters. The van der Waals surface area contributed by atoms with Crippen LogP contribution in [0.25, 0.3) is 0 Å². The first kappa shape index (κ1) is 28.0. The van der Waals surface area contributed by atoms with Crippen molar-refractivity contribution in [2.45, 2.75) is 51.7 Å². The van der Waals surface area contributed by atoms with Gasteiger partial charge in [-0.2, -0.15) is 0 Å². The molecule has 0 spiro atoms.